The number of ketones is 2. The topological polar surface area (TPSA) is 155 Å². The van der Waals surface area contributed by atoms with Crippen molar-refractivity contribution in [1.82, 2.24) is 0 Å². The molecular formula is C24H46O8Ti. The van der Waals surface area contributed by atoms with Crippen molar-refractivity contribution >= 4 is 23.5 Å². The van der Waals surface area contributed by atoms with E-state index in [0.717, 1.165) is 0 Å². The maximum Gasteiger partial charge on any atom is 2.00 e. The average molecular weight is 510 g/mol. The van der Waals surface area contributed by atoms with Crippen LogP contribution in [0.25, 0.3) is 0 Å². The molecule has 0 aromatic rings. The van der Waals surface area contributed by atoms with Crippen LogP contribution >= 0.6 is 0 Å². The number of aliphatic hydroxyl groups excluding tert-OH is 2. The van der Waals surface area contributed by atoms with Gasteiger partial charge in [-0.3, -0.25) is 9.59 Å². The van der Waals surface area contributed by atoms with Crippen LogP contribution in [-0.2, 0) is 40.9 Å². The normalized spacial score (nSPS) is 12.4. The van der Waals surface area contributed by atoms with Gasteiger partial charge in [0.05, 0.1) is 23.8 Å². The number of hydrogen-bond acceptors (Lipinski definition) is 8. The molecular weight excluding hydrogens is 464 g/mol. The van der Waals surface area contributed by atoms with Gasteiger partial charge in [-0.15, -0.1) is 0 Å². The molecule has 0 rings (SSSR count). The van der Waals surface area contributed by atoms with E-state index in [2.05, 4.69) is 0 Å². The fraction of sp³-hybridized carbons (Fsp3) is 0.833. The molecule has 0 amide bonds. The van der Waals surface area contributed by atoms with Gasteiger partial charge in [0.25, 0.3) is 0 Å². The predicted molar refractivity (Wildman–Crippen MR) is 121 cm³/mol. The van der Waals surface area contributed by atoms with Gasteiger partial charge in [0.15, 0.2) is 0 Å². The third-order valence-electron chi connectivity index (χ3n) is 4.60. The largest absolute Gasteiger partial charge is 2.00 e. The zero-order valence-corrected chi connectivity index (χ0v) is 24.1. The standard InChI is InChI=1S/2C9H16O3.2C3H8O.Ti/c2*1-5-9(3,4)7(10)6(2)8(11)12;2*1-3(2)4;/h2*6H,5H2,1-4H3,(H,11,12);2*3-4H,1-2H3;/q;;;;+2/p-2. The molecule has 0 aliphatic carbocycles. The van der Waals surface area contributed by atoms with Crippen molar-refractivity contribution < 1.29 is 61.3 Å². The summed E-state index contributed by atoms with van der Waals surface area (Å²) < 4.78 is 0. The van der Waals surface area contributed by atoms with Crippen molar-refractivity contribution in [3.63, 3.8) is 0 Å². The van der Waals surface area contributed by atoms with E-state index in [-0.39, 0.29) is 45.5 Å². The van der Waals surface area contributed by atoms with E-state index in [1.165, 1.54) is 13.8 Å². The van der Waals surface area contributed by atoms with Crippen LogP contribution in [0.4, 0.5) is 0 Å². The second-order valence-electron chi connectivity index (χ2n) is 9.47. The fourth-order valence-electron chi connectivity index (χ4n) is 1.73. The van der Waals surface area contributed by atoms with E-state index < -0.39 is 34.6 Å². The zero-order chi connectivity index (χ0) is 27.0. The SMILES string of the molecule is CC(C)O.CC(C)O.CCC(C)(C)C(=O)C(C)C(=O)[O-].CCC(C)(C)C(=O)C(C)C(=O)[O-].[Ti+2]. The van der Waals surface area contributed by atoms with Crippen molar-refractivity contribution in [2.75, 3.05) is 0 Å². The van der Waals surface area contributed by atoms with Gasteiger partial charge >= 0.3 is 21.7 Å². The number of carbonyl (C=O) groups excluding carboxylic acids is 4. The van der Waals surface area contributed by atoms with Gasteiger partial charge in [0.2, 0.25) is 0 Å². The van der Waals surface area contributed by atoms with Crippen molar-refractivity contribution in [3.8, 4) is 0 Å². The first-order valence-corrected chi connectivity index (χ1v) is 11.0. The molecule has 0 aromatic carbocycles. The molecule has 0 saturated carbocycles. The summed E-state index contributed by atoms with van der Waals surface area (Å²) in [5.41, 5.74) is -1.11. The molecule has 0 radical (unpaired) electrons. The first kappa shape index (κ1) is 42.1. The maximum absolute atomic E-state index is 11.4. The first-order valence-electron chi connectivity index (χ1n) is 11.0. The number of rotatable bonds is 8. The third kappa shape index (κ3) is 23.9. The summed E-state index contributed by atoms with van der Waals surface area (Å²) in [6.07, 6.45) is 0.951. The molecule has 0 bridgehead atoms. The number of aliphatic carboxylic acids is 2. The van der Waals surface area contributed by atoms with Crippen molar-refractivity contribution in [1.29, 1.82) is 0 Å². The van der Waals surface area contributed by atoms with Crippen LogP contribution in [0.5, 0.6) is 0 Å². The van der Waals surface area contributed by atoms with Gasteiger partial charge in [-0.2, -0.15) is 0 Å². The summed E-state index contributed by atoms with van der Waals surface area (Å²) in [7, 11) is 0. The molecule has 9 heteroatoms. The zero-order valence-electron chi connectivity index (χ0n) is 22.6. The van der Waals surface area contributed by atoms with Gasteiger partial charge in [0.1, 0.15) is 11.6 Å². The minimum atomic E-state index is -1.29. The van der Waals surface area contributed by atoms with Crippen LogP contribution in [-0.4, -0.2) is 45.9 Å². The Balaban J connectivity index is -0.000000117. The van der Waals surface area contributed by atoms with E-state index in [9.17, 15) is 29.4 Å². The van der Waals surface area contributed by atoms with Gasteiger partial charge in [-0.05, 0) is 40.5 Å². The summed E-state index contributed by atoms with van der Waals surface area (Å²) >= 11 is 0. The Bertz CT molecular complexity index is 513. The summed E-state index contributed by atoms with van der Waals surface area (Å²) in [6.45, 7) is 20.3. The van der Waals surface area contributed by atoms with E-state index in [1.54, 1.807) is 55.4 Å². The average Bonchev–Trinajstić information content (AvgIpc) is 2.64. The summed E-state index contributed by atoms with van der Waals surface area (Å²) in [5.74, 6) is -5.10. The summed E-state index contributed by atoms with van der Waals surface area (Å²) in [5, 5.41) is 36.9. The minimum absolute atomic E-state index is 0. The van der Waals surface area contributed by atoms with Crippen molar-refractivity contribution in [2.24, 2.45) is 22.7 Å². The van der Waals surface area contributed by atoms with E-state index in [4.69, 9.17) is 10.2 Å². The van der Waals surface area contributed by atoms with Gasteiger partial charge in [-0.25, -0.2) is 0 Å². The molecule has 194 valence electrons. The third-order valence-corrected chi connectivity index (χ3v) is 4.60. The smallest absolute Gasteiger partial charge is 0.549 e. The van der Waals surface area contributed by atoms with E-state index in [1.807, 2.05) is 13.8 Å². The number of carboxylic acids is 2. The Labute approximate surface area is 215 Å². The molecule has 0 aliphatic heterocycles. The van der Waals surface area contributed by atoms with Crippen LogP contribution in [0.2, 0.25) is 0 Å². The minimum Gasteiger partial charge on any atom is -0.549 e. The van der Waals surface area contributed by atoms with Gasteiger partial charge in [0, 0.05) is 23.0 Å². The molecule has 0 aliphatic rings. The fourth-order valence-corrected chi connectivity index (χ4v) is 1.73. The Morgan fingerprint density at radius 2 is 0.788 bits per heavy atom. The number of carbonyl (C=O) groups is 4. The number of aliphatic hydroxyl groups is 2. The first-order chi connectivity index (χ1) is 14.1. The van der Waals surface area contributed by atoms with Gasteiger partial charge in [-0.1, -0.05) is 55.4 Å². The van der Waals surface area contributed by atoms with Crippen LogP contribution in [0.15, 0.2) is 0 Å². The Morgan fingerprint density at radius 1 is 0.636 bits per heavy atom. The molecule has 8 nitrogen and oxygen atoms in total. The molecule has 0 fully saturated rings. The maximum atomic E-state index is 11.4. The molecule has 0 saturated heterocycles. The molecule has 2 N–H and O–H groups in total. The number of hydrogen-bond donors (Lipinski definition) is 2. The second-order valence-corrected chi connectivity index (χ2v) is 9.47. The second kappa shape index (κ2) is 20.3. The van der Waals surface area contributed by atoms with Crippen LogP contribution in [0, 0.1) is 22.7 Å². The van der Waals surface area contributed by atoms with E-state index in [0.29, 0.717) is 12.8 Å². The number of carboxylic acid groups (broad SMARTS) is 2. The summed E-state index contributed by atoms with van der Waals surface area (Å²) in [6, 6.07) is 0. The quantitative estimate of drug-likeness (QED) is 0.368. The Hall–Kier alpha value is -1.09. The van der Waals surface area contributed by atoms with E-state index >= 15 is 0 Å². The monoisotopic (exact) mass is 510 g/mol. The molecule has 0 spiro atoms. The van der Waals surface area contributed by atoms with Crippen molar-refractivity contribution in [3.05, 3.63) is 0 Å². The molecule has 2 unspecified atom stereocenters. The van der Waals surface area contributed by atoms with Crippen LogP contribution in [0.3, 0.4) is 0 Å². The molecule has 2 atom stereocenters. The molecule has 33 heavy (non-hydrogen) atoms. The molecule has 0 heterocycles. The van der Waals surface area contributed by atoms with Crippen molar-refractivity contribution in [2.45, 2.75) is 108 Å². The Morgan fingerprint density at radius 3 is 0.879 bits per heavy atom. The van der Waals surface area contributed by atoms with Gasteiger partial charge < -0.3 is 30.0 Å². The predicted octanol–water partition coefficient (Wildman–Crippen LogP) is 1.53. The molecule has 0 aromatic heterocycles. The summed E-state index contributed by atoms with van der Waals surface area (Å²) in [4.78, 5) is 43.6. The number of Topliss-reactive ketones (excluding diaryl/α,β-unsaturated/α-hetero) is 2. The van der Waals surface area contributed by atoms with Crippen LogP contribution < -0.4 is 10.2 Å². The Kier molecular flexibility index (Phi) is 25.9. The van der Waals surface area contributed by atoms with Crippen LogP contribution in [0.1, 0.15) is 95.9 Å².